The maximum absolute atomic E-state index is 11.7. The van der Waals surface area contributed by atoms with Gasteiger partial charge in [0.15, 0.2) is 5.11 Å². The average molecular weight is 321 g/mol. The summed E-state index contributed by atoms with van der Waals surface area (Å²) < 4.78 is 4.76. The number of hydrogen-bond donors (Lipinski definition) is 2. The number of nitrogens with zero attached hydrogens (tertiary/aromatic N) is 1. The molecular weight excluding hydrogens is 302 g/mol. The number of fused-ring (bicyclic) bond motifs is 1. The molecule has 1 aliphatic rings. The summed E-state index contributed by atoms with van der Waals surface area (Å²) in [6.07, 6.45) is 0.209. The first-order valence-corrected chi connectivity index (χ1v) is 7.50. The lowest BCUT2D eigenvalue weighted by molar-refractivity contribution is -0.116. The van der Waals surface area contributed by atoms with E-state index in [1.165, 1.54) is 0 Å². The molecule has 1 atom stereocenters. The van der Waals surface area contributed by atoms with Gasteiger partial charge >= 0.3 is 6.09 Å². The Kier molecular flexibility index (Phi) is 4.97. The zero-order valence-electron chi connectivity index (χ0n) is 12.8. The minimum absolute atomic E-state index is 0.0338. The number of hydrogen-bond acceptors (Lipinski definition) is 4. The van der Waals surface area contributed by atoms with E-state index in [4.69, 9.17) is 17.0 Å². The molecule has 118 valence electrons. The quantitative estimate of drug-likeness (QED) is 0.819. The Morgan fingerprint density at radius 3 is 2.82 bits per heavy atom. The standard InChI is InChI=1S/C15H19N3O3S/c1-4-21-15(20)17-14(22)16-12-5-6-13-11(8-12)7-9(2)18(13)10(3)19/h5-6,8-9H,4,7H2,1-3H3,(H2,16,17,20,22)/t9-/m1/s1. The predicted octanol–water partition coefficient (Wildman–Crippen LogP) is 2.43. The van der Waals surface area contributed by atoms with Crippen LogP contribution in [0.5, 0.6) is 0 Å². The molecule has 0 saturated carbocycles. The fourth-order valence-corrected chi connectivity index (χ4v) is 2.81. The summed E-state index contributed by atoms with van der Waals surface area (Å²) in [6.45, 7) is 5.59. The molecule has 0 radical (unpaired) electrons. The van der Waals surface area contributed by atoms with Crippen molar-refractivity contribution in [2.24, 2.45) is 0 Å². The second kappa shape index (κ2) is 6.74. The highest BCUT2D eigenvalue weighted by atomic mass is 32.1. The molecule has 1 aromatic carbocycles. The van der Waals surface area contributed by atoms with E-state index >= 15 is 0 Å². The van der Waals surface area contributed by atoms with E-state index in [1.807, 2.05) is 25.1 Å². The summed E-state index contributed by atoms with van der Waals surface area (Å²) in [4.78, 5) is 24.8. The van der Waals surface area contributed by atoms with Crippen LogP contribution in [-0.4, -0.2) is 29.8 Å². The Morgan fingerprint density at radius 2 is 2.18 bits per heavy atom. The first-order valence-electron chi connectivity index (χ1n) is 7.09. The van der Waals surface area contributed by atoms with Gasteiger partial charge in [0.25, 0.3) is 0 Å². The van der Waals surface area contributed by atoms with Gasteiger partial charge < -0.3 is 15.0 Å². The molecule has 1 aliphatic heterocycles. The van der Waals surface area contributed by atoms with E-state index in [9.17, 15) is 9.59 Å². The third-order valence-corrected chi connectivity index (χ3v) is 3.59. The fourth-order valence-electron chi connectivity index (χ4n) is 2.61. The first kappa shape index (κ1) is 16.2. The van der Waals surface area contributed by atoms with Gasteiger partial charge in [0, 0.05) is 24.3 Å². The van der Waals surface area contributed by atoms with Gasteiger partial charge in [-0.05, 0) is 56.2 Å². The Morgan fingerprint density at radius 1 is 1.45 bits per heavy atom. The summed E-state index contributed by atoms with van der Waals surface area (Å²) in [5, 5.41) is 5.54. The molecule has 2 amide bonds. The second-order valence-electron chi connectivity index (χ2n) is 5.09. The lowest BCUT2D eigenvalue weighted by Gasteiger charge is -2.20. The highest BCUT2D eigenvalue weighted by molar-refractivity contribution is 7.80. The summed E-state index contributed by atoms with van der Waals surface area (Å²) in [7, 11) is 0. The summed E-state index contributed by atoms with van der Waals surface area (Å²) in [5.41, 5.74) is 2.76. The van der Waals surface area contributed by atoms with E-state index in [1.54, 1.807) is 18.7 Å². The normalized spacial score (nSPS) is 16.0. The average Bonchev–Trinajstić information content (AvgIpc) is 2.73. The van der Waals surface area contributed by atoms with Crippen LogP contribution in [0.1, 0.15) is 26.3 Å². The molecule has 7 heteroatoms. The van der Waals surface area contributed by atoms with Crippen molar-refractivity contribution in [1.29, 1.82) is 0 Å². The Balaban J connectivity index is 2.07. The van der Waals surface area contributed by atoms with E-state index in [-0.39, 0.29) is 23.7 Å². The monoisotopic (exact) mass is 321 g/mol. The van der Waals surface area contributed by atoms with Crippen molar-refractivity contribution in [3.05, 3.63) is 23.8 Å². The van der Waals surface area contributed by atoms with Gasteiger partial charge in [-0.3, -0.25) is 10.1 Å². The molecule has 2 N–H and O–H groups in total. The summed E-state index contributed by atoms with van der Waals surface area (Å²) >= 11 is 5.05. The van der Waals surface area contributed by atoms with Crippen molar-refractivity contribution in [2.75, 3.05) is 16.8 Å². The lowest BCUT2D eigenvalue weighted by Crippen LogP contribution is -2.34. The van der Waals surface area contributed by atoms with Crippen molar-refractivity contribution >= 4 is 40.7 Å². The van der Waals surface area contributed by atoms with Crippen LogP contribution in [0.3, 0.4) is 0 Å². The van der Waals surface area contributed by atoms with Gasteiger partial charge in [0.1, 0.15) is 0 Å². The minimum Gasteiger partial charge on any atom is -0.450 e. The zero-order valence-corrected chi connectivity index (χ0v) is 13.6. The maximum Gasteiger partial charge on any atom is 0.413 e. The van der Waals surface area contributed by atoms with Gasteiger partial charge in [0.2, 0.25) is 5.91 Å². The number of rotatable bonds is 2. The third kappa shape index (κ3) is 3.54. The Bertz CT molecular complexity index is 618. The van der Waals surface area contributed by atoms with Crippen LogP contribution >= 0.6 is 12.2 Å². The van der Waals surface area contributed by atoms with Gasteiger partial charge in [-0.1, -0.05) is 0 Å². The molecule has 0 aromatic heterocycles. The molecular formula is C15H19N3O3S. The number of carbonyl (C=O) groups excluding carboxylic acids is 2. The number of benzene rings is 1. The van der Waals surface area contributed by atoms with E-state index in [2.05, 4.69) is 10.6 Å². The summed E-state index contributed by atoms with van der Waals surface area (Å²) in [5.74, 6) is 0.0338. The largest absolute Gasteiger partial charge is 0.450 e. The van der Waals surface area contributed by atoms with Crippen LogP contribution in [0.15, 0.2) is 18.2 Å². The number of thiocarbonyl (C=S) groups is 1. The smallest absolute Gasteiger partial charge is 0.413 e. The number of nitrogens with one attached hydrogen (secondary N) is 2. The molecule has 0 aliphatic carbocycles. The molecule has 0 spiro atoms. The van der Waals surface area contributed by atoms with Gasteiger partial charge in [-0.15, -0.1) is 0 Å². The van der Waals surface area contributed by atoms with Gasteiger partial charge in [0.05, 0.1) is 6.61 Å². The fraction of sp³-hybridized carbons (Fsp3) is 0.400. The van der Waals surface area contributed by atoms with Crippen LogP contribution in [-0.2, 0) is 16.0 Å². The Hall–Kier alpha value is -2.15. The van der Waals surface area contributed by atoms with Gasteiger partial charge in [-0.25, -0.2) is 4.79 Å². The minimum atomic E-state index is -0.586. The van der Waals surface area contributed by atoms with Crippen molar-refractivity contribution < 1.29 is 14.3 Å². The second-order valence-corrected chi connectivity index (χ2v) is 5.49. The molecule has 2 rings (SSSR count). The van der Waals surface area contributed by atoms with Crippen LogP contribution < -0.4 is 15.5 Å². The molecule has 1 heterocycles. The van der Waals surface area contributed by atoms with Crippen molar-refractivity contribution in [1.82, 2.24) is 5.32 Å². The topological polar surface area (TPSA) is 70.7 Å². The zero-order chi connectivity index (χ0) is 16.3. The number of anilines is 2. The van der Waals surface area contributed by atoms with Crippen molar-refractivity contribution in [3.8, 4) is 0 Å². The molecule has 6 nitrogen and oxygen atoms in total. The molecule has 0 fully saturated rings. The summed E-state index contributed by atoms with van der Waals surface area (Å²) in [6, 6.07) is 5.79. The lowest BCUT2D eigenvalue weighted by atomic mass is 10.1. The molecule has 22 heavy (non-hydrogen) atoms. The SMILES string of the molecule is CCOC(=O)NC(=S)Nc1ccc2c(c1)C[C@@H](C)N2C(C)=O. The molecule has 0 saturated heterocycles. The van der Waals surface area contributed by atoms with E-state index in [0.717, 1.165) is 23.4 Å². The van der Waals surface area contributed by atoms with Crippen LogP contribution in [0.25, 0.3) is 0 Å². The third-order valence-electron chi connectivity index (χ3n) is 3.38. The van der Waals surface area contributed by atoms with Crippen LogP contribution in [0.2, 0.25) is 0 Å². The maximum atomic E-state index is 11.7. The number of amides is 2. The highest BCUT2D eigenvalue weighted by Crippen LogP contribution is 2.34. The van der Waals surface area contributed by atoms with Crippen LogP contribution in [0, 0.1) is 0 Å². The van der Waals surface area contributed by atoms with Crippen molar-refractivity contribution in [3.63, 3.8) is 0 Å². The molecule has 0 bridgehead atoms. The van der Waals surface area contributed by atoms with E-state index < -0.39 is 6.09 Å². The van der Waals surface area contributed by atoms with Crippen molar-refractivity contribution in [2.45, 2.75) is 33.2 Å². The number of carbonyl (C=O) groups is 2. The first-order chi connectivity index (χ1) is 10.4. The predicted molar refractivity (Wildman–Crippen MR) is 89.1 cm³/mol. The van der Waals surface area contributed by atoms with E-state index in [0.29, 0.717) is 0 Å². The molecule has 1 aromatic rings. The van der Waals surface area contributed by atoms with Gasteiger partial charge in [-0.2, -0.15) is 0 Å². The molecule has 0 unspecified atom stereocenters. The van der Waals surface area contributed by atoms with Crippen LogP contribution in [0.4, 0.5) is 16.2 Å². The number of alkyl carbamates (subject to hydrolysis) is 1. The highest BCUT2D eigenvalue weighted by Gasteiger charge is 2.28. The Labute approximate surface area is 134 Å². The number of ether oxygens (including phenoxy) is 1.